The molecular formula is C55H65ClN12O3. The van der Waals surface area contributed by atoms with E-state index < -0.39 is 10.8 Å². The predicted molar refractivity (Wildman–Crippen MR) is 275 cm³/mol. The fourth-order valence-corrected chi connectivity index (χ4v) is 12.9. The van der Waals surface area contributed by atoms with Gasteiger partial charge in [0.15, 0.2) is 0 Å². The summed E-state index contributed by atoms with van der Waals surface area (Å²) < 4.78 is 10.7. The molecule has 0 spiro atoms. The molecule has 2 saturated heterocycles. The van der Waals surface area contributed by atoms with E-state index in [9.17, 15) is 14.9 Å². The first kappa shape index (κ1) is 48.3. The van der Waals surface area contributed by atoms with Crippen LogP contribution in [0.2, 0.25) is 5.02 Å². The fraction of sp³-hybridized carbons (Fsp3) is 0.491. The first-order valence-corrected chi connectivity index (χ1v) is 25.5. The Kier molecular flexibility index (Phi) is 12.7. The van der Waals surface area contributed by atoms with Gasteiger partial charge in [-0.15, -0.1) is 0 Å². The van der Waals surface area contributed by atoms with E-state index in [0.717, 1.165) is 96.4 Å². The van der Waals surface area contributed by atoms with Crippen LogP contribution in [0.1, 0.15) is 100 Å². The fourth-order valence-electron chi connectivity index (χ4n) is 12.7. The SMILES string of the molecule is CC(=O)N1CCc2c(c(-c3cccc4cc(-c5cnn(C)c5)ncc34)nn2C2CCN(CC3C(C)CN(c4ncc(C(=O)NC5C(C)(C)C(Oc6ccc(C#N)c(Cl)c6C)C5(C)C)cn4)CC3C)CC2)C1. The molecule has 4 aliphatic rings. The number of ether oxygens (including phenoxy) is 1. The van der Waals surface area contributed by atoms with Crippen LogP contribution in [0.25, 0.3) is 33.3 Å². The Balaban J connectivity index is 0.762. The zero-order valence-electron chi connectivity index (χ0n) is 42.4. The molecule has 3 fully saturated rings. The van der Waals surface area contributed by atoms with Crippen molar-refractivity contribution in [1.82, 2.24) is 49.6 Å². The Bertz CT molecular complexity index is 3030. The van der Waals surface area contributed by atoms with Gasteiger partial charge in [-0.2, -0.15) is 15.5 Å². The number of nitrogens with one attached hydrogen (secondary N) is 1. The highest BCUT2D eigenvalue weighted by Gasteiger charge is 2.64. The number of aryl methyl sites for hydroxylation is 1. The Hall–Kier alpha value is -6.37. The molecule has 2 unspecified atom stereocenters. The smallest absolute Gasteiger partial charge is 0.254 e. The van der Waals surface area contributed by atoms with Crippen LogP contribution < -0.4 is 15.0 Å². The third kappa shape index (κ3) is 8.81. The summed E-state index contributed by atoms with van der Waals surface area (Å²) in [6.45, 7) is 22.6. The third-order valence-corrected chi connectivity index (χ3v) is 16.9. The Labute approximate surface area is 421 Å². The highest BCUT2D eigenvalue weighted by Crippen LogP contribution is 2.56. The maximum Gasteiger partial charge on any atom is 0.254 e. The van der Waals surface area contributed by atoms with E-state index in [-0.39, 0.29) is 30.0 Å². The lowest BCUT2D eigenvalue weighted by Gasteiger charge is -2.63. The van der Waals surface area contributed by atoms with Gasteiger partial charge in [-0.3, -0.25) is 23.9 Å². The standard InChI is InChI=1S/C55H65ClN12O3/c1-32-27-67(53-59-23-38(24-60-53)50(70)62-51-54(5,6)52(55(51,7)8)71-47-14-13-37(22-57)48(56)34(47)3)28-33(2)43(32)30-65-18-15-40(16-19-65)68-46-17-20-66(35(4)69)31-44(46)49(63-68)41-12-10-11-36-21-45(58-26-42(36)41)39-25-61-64(9)29-39/h10-14,21,23-26,29,32-33,40,43,51-52H,15-20,27-28,30-31H2,1-9H3,(H,62,70). The Morgan fingerprint density at radius 1 is 0.958 bits per heavy atom. The molecule has 7 heterocycles. The number of rotatable bonds is 10. The summed E-state index contributed by atoms with van der Waals surface area (Å²) >= 11 is 6.46. The number of carbonyl (C=O) groups is 2. The normalized spacial score (nSPS) is 23.2. The van der Waals surface area contributed by atoms with Crippen LogP contribution in [0.5, 0.6) is 5.75 Å². The van der Waals surface area contributed by atoms with Crippen molar-refractivity contribution in [1.29, 1.82) is 5.26 Å². The minimum Gasteiger partial charge on any atom is -0.489 e. The summed E-state index contributed by atoms with van der Waals surface area (Å²) in [5.41, 5.74) is 7.04. The third-order valence-electron chi connectivity index (χ3n) is 16.4. The van der Waals surface area contributed by atoms with E-state index in [4.69, 9.17) is 36.4 Å². The second-order valence-corrected chi connectivity index (χ2v) is 22.3. The number of halogens is 1. The molecule has 2 atom stereocenters. The Morgan fingerprint density at radius 2 is 1.68 bits per heavy atom. The lowest BCUT2D eigenvalue weighted by Crippen LogP contribution is -2.74. The lowest BCUT2D eigenvalue weighted by molar-refractivity contribution is -0.164. The minimum atomic E-state index is -0.395. The van der Waals surface area contributed by atoms with Crippen LogP contribution in [-0.4, -0.2) is 108 Å². The van der Waals surface area contributed by atoms with Gasteiger partial charge < -0.3 is 24.8 Å². The van der Waals surface area contributed by atoms with Crippen molar-refractivity contribution >= 4 is 40.1 Å². The molecule has 16 heteroatoms. The van der Waals surface area contributed by atoms with Crippen LogP contribution in [0, 0.1) is 46.8 Å². The zero-order valence-corrected chi connectivity index (χ0v) is 43.2. The summed E-state index contributed by atoms with van der Waals surface area (Å²) in [6, 6.07) is 14.2. The number of carbonyl (C=O) groups excluding carboxylic acids is 2. The second kappa shape index (κ2) is 18.7. The number of nitriles is 1. The number of hydrogen-bond donors (Lipinski definition) is 1. The van der Waals surface area contributed by atoms with Gasteiger partial charge >= 0.3 is 0 Å². The van der Waals surface area contributed by atoms with Gasteiger partial charge in [0.2, 0.25) is 11.9 Å². The molecule has 15 nitrogen and oxygen atoms in total. The van der Waals surface area contributed by atoms with E-state index in [2.05, 4.69) is 96.8 Å². The molecule has 1 aliphatic carbocycles. The maximum absolute atomic E-state index is 13.7. The molecule has 2 aromatic carbocycles. The molecule has 370 valence electrons. The van der Waals surface area contributed by atoms with Gasteiger partial charge in [0, 0.05) is 141 Å². The molecule has 1 N–H and O–H groups in total. The van der Waals surface area contributed by atoms with E-state index in [1.807, 2.05) is 37.5 Å². The van der Waals surface area contributed by atoms with Crippen molar-refractivity contribution in [3.63, 3.8) is 0 Å². The first-order valence-electron chi connectivity index (χ1n) is 25.1. The predicted octanol–water partition coefficient (Wildman–Crippen LogP) is 8.68. The van der Waals surface area contributed by atoms with Crippen LogP contribution in [0.4, 0.5) is 5.95 Å². The summed E-state index contributed by atoms with van der Waals surface area (Å²) in [7, 11) is 1.91. The lowest BCUT2D eigenvalue weighted by atomic mass is 9.49. The molecule has 10 rings (SSSR count). The van der Waals surface area contributed by atoms with Gasteiger partial charge in [-0.1, -0.05) is 71.3 Å². The molecule has 4 aromatic heterocycles. The molecule has 2 amide bonds. The van der Waals surface area contributed by atoms with Gasteiger partial charge in [0.1, 0.15) is 17.9 Å². The van der Waals surface area contributed by atoms with E-state index in [1.165, 1.54) is 5.69 Å². The van der Waals surface area contributed by atoms with Gasteiger partial charge in [-0.05, 0) is 61.1 Å². The highest BCUT2D eigenvalue weighted by molar-refractivity contribution is 6.32. The van der Waals surface area contributed by atoms with E-state index in [0.29, 0.717) is 58.7 Å². The molecule has 0 radical (unpaired) electrons. The second-order valence-electron chi connectivity index (χ2n) is 21.9. The number of pyridine rings is 1. The van der Waals surface area contributed by atoms with Gasteiger partial charge in [0.25, 0.3) is 5.91 Å². The quantitative estimate of drug-likeness (QED) is 0.140. The summed E-state index contributed by atoms with van der Waals surface area (Å²) in [5.74, 6) is 2.53. The van der Waals surface area contributed by atoms with Crippen molar-refractivity contribution in [2.75, 3.05) is 44.2 Å². The number of aromatic nitrogens is 7. The van der Waals surface area contributed by atoms with Crippen molar-refractivity contribution in [3.8, 4) is 34.3 Å². The number of anilines is 1. The first-order chi connectivity index (χ1) is 33.9. The van der Waals surface area contributed by atoms with Crippen LogP contribution in [0.3, 0.4) is 0 Å². The highest BCUT2D eigenvalue weighted by atomic mass is 35.5. The largest absolute Gasteiger partial charge is 0.489 e. The zero-order chi connectivity index (χ0) is 50.1. The van der Waals surface area contributed by atoms with Gasteiger partial charge in [0.05, 0.1) is 39.8 Å². The molecule has 1 saturated carbocycles. The van der Waals surface area contributed by atoms with Crippen LogP contribution in [0.15, 0.2) is 67.4 Å². The van der Waals surface area contributed by atoms with Crippen molar-refractivity contribution < 1.29 is 14.3 Å². The minimum absolute atomic E-state index is 0.0896. The molecule has 71 heavy (non-hydrogen) atoms. The maximum atomic E-state index is 13.7. The summed E-state index contributed by atoms with van der Waals surface area (Å²) in [4.78, 5) is 47.6. The number of hydrogen-bond acceptors (Lipinski definition) is 11. The van der Waals surface area contributed by atoms with Crippen molar-refractivity contribution in [3.05, 3.63) is 100 Å². The van der Waals surface area contributed by atoms with Gasteiger partial charge in [-0.25, -0.2) is 9.97 Å². The molecule has 0 bridgehead atoms. The van der Waals surface area contributed by atoms with Crippen LogP contribution >= 0.6 is 11.6 Å². The Morgan fingerprint density at radius 3 is 2.34 bits per heavy atom. The number of likely N-dealkylation sites (tertiary alicyclic amines) is 1. The number of benzene rings is 2. The summed E-state index contributed by atoms with van der Waals surface area (Å²) in [6.07, 6.45) is 11.7. The number of nitrogens with zero attached hydrogens (tertiary/aromatic N) is 11. The van der Waals surface area contributed by atoms with Crippen LogP contribution in [-0.2, 0) is 24.8 Å². The molecule has 6 aromatic rings. The van der Waals surface area contributed by atoms with E-state index >= 15 is 0 Å². The average molecular weight is 978 g/mol. The number of fused-ring (bicyclic) bond motifs is 2. The molecule has 3 aliphatic heterocycles. The molecular weight excluding hydrogens is 912 g/mol. The van der Waals surface area contributed by atoms with Crippen molar-refractivity contribution in [2.45, 2.75) is 99.4 Å². The topological polar surface area (TPSA) is 163 Å². The van der Waals surface area contributed by atoms with Crippen molar-refractivity contribution in [2.24, 2.45) is 35.6 Å². The average Bonchev–Trinajstić information content (AvgIpc) is 3.97. The monoisotopic (exact) mass is 976 g/mol. The number of amides is 2. The van der Waals surface area contributed by atoms with E-state index in [1.54, 1.807) is 36.1 Å². The number of piperidine rings is 2. The summed E-state index contributed by atoms with van der Waals surface area (Å²) in [5, 5.41) is 25.0.